The van der Waals surface area contributed by atoms with E-state index >= 15 is 0 Å². The van der Waals surface area contributed by atoms with Crippen LogP contribution in [0.4, 0.5) is 0 Å². The highest BCUT2D eigenvalue weighted by atomic mass is 35.5. The van der Waals surface area contributed by atoms with Crippen LogP contribution in [0.3, 0.4) is 0 Å². The van der Waals surface area contributed by atoms with Crippen LogP contribution in [0.2, 0.25) is 10.0 Å². The van der Waals surface area contributed by atoms with Crippen molar-refractivity contribution in [1.82, 2.24) is 14.8 Å². The van der Waals surface area contributed by atoms with Crippen LogP contribution in [0.15, 0.2) is 32.8 Å². The Morgan fingerprint density at radius 2 is 2.22 bits per heavy atom. The highest BCUT2D eigenvalue weighted by Gasteiger charge is 2.21. The Labute approximate surface area is 145 Å². The van der Waals surface area contributed by atoms with Gasteiger partial charge < -0.3 is 4.74 Å². The highest BCUT2D eigenvalue weighted by Crippen LogP contribution is 2.27. The van der Waals surface area contributed by atoms with Crippen molar-refractivity contribution in [2.75, 3.05) is 6.61 Å². The molecule has 2 aromatic rings. The SMILES string of the molecule is O=c1[nH]c(=O)n([C@H]2CCCO2)nc1SCc1ccc(Cl)cc1Cl. The predicted octanol–water partition coefficient (Wildman–Crippen LogP) is 2.84. The van der Waals surface area contributed by atoms with E-state index in [0.29, 0.717) is 28.8 Å². The first kappa shape index (κ1) is 16.6. The zero-order valence-electron chi connectivity index (χ0n) is 11.9. The topological polar surface area (TPSA) is 77.0 Å². The molecule has 1 aromatic carbocycles. The summed E-state index contributed by atoms with van der Waals surface area (Å²) >= 11 is 13.2. The zero-order valence-corrected chi connectivity index (χ0v) is 14.2. The summed E-state index contributed by atoms with van der Waals surface area (Å²) in [7, 11) is 0. The van der Waals surface area contributed by atoms with Crippen molar-refractivity contribution in [3.05, 3.63) is 54.6 Å². The number of H-pyrrole nitrogens is 1. The van der Waals surface area contributed by atoms with E-state index in [1.54, 1.807) is 18.2 Å². The molecule has 23 heavy (non-hydrogen) atoms. The number of benzene rings is 1. The number of ether oxygens (including phenoxy) is 1. The van der Waals surface area contributed by atoms with Gasteiger partial charge in [-0.15, -0.1) is 0 Å². The summed E-state index contributed by atoms with van der Waals surface area (Å²) in [5, 5.41) is 5.42. The van der Waals surface area contributed by atoms with Crippen molar-refractivity contribution in [2.24, 2.45) is 0 Å². The van der Waals surface area contributed by atoms with Gasteiger partial charge in [-0.3, -0.25) is 9.78 Å². The minimum atomic E-state index is -0.559. The molecule has 2 heterocycles. The van der Waals surface area contributed by atoms with E-state index < -0.39 is 17.5 Å². The molecule has 0 saturated carbocycles. The van der Waals surface area contributed by atoms with E-state index in [9.17, 15) is 9.59 Å². The van der Waals surface area contributed by atoms with Crippen LogP contribution in [0, 0.1) is 0 Å². The van der Waals surface area contributed by atoms with Gasteiger partial charge in [0.25, 0.3) is 5.56 Å². The highest BCUT2D eigenvalue weighted by molar-refractivity contribution is 7.98. The number of hydrogen-bond acceptors (Lipinski definition) is 5. The van der Waals surface area contributed by atoms with E-state index in [1.807, 2.05) is 0 Å². The number of aromatic nitrogens is 3. The summed E-state index contributed by atoms with van der Waals surface area (Å²) in [4.78, 5) is 26.1. The quantitative estimate of drug-likeness (QED) is 0.833. The summed E-state index contributed by atoms with van der Waals surface area (Å²) in [5.41, 5.74) is -0.243. The van der Waals surface area contributed by atoms with E-state index in [-0.39, 0.29) is 5.03 Å². The third-order valence-corrected chi connectivity index (χ3v) is 4.96. The van der Waals surface area contributed by atoms with Crippen LogP contribution in [-0.4, -0.2) is 21.4 Å². The Hall–Kier alpha value is -1.28. The monoisotopic (exact) mass is 373 g/mol. The van der Waals surface area contributed by atoms with Crippen LogP contribution in [0.25, 0.3) is 0 Å². The summed E-state index contributed by atoms with van der Waals surface area (Å²) < 4.78 is 6.64. The van der Waals surface area contributed by atoms with Crippen molar-refractivity contribution in [3.8, 4) is 0 Å². The second-order valence-corrected chi connectivity index (χ2v) is 6.81. The molecule has 1 aromatic heterocycles. The number of aromatic amines is 1. The average Bonchev–Trinajstić information content (AvgIpc) is 3.02. The maximum atomic E-state index is 11.9. The lowest BCUT2D eigenvalue weighted by Crippen LogP contribution is -2.35. The third-order valence-electron chi connectivity index (χ3n) is 3.38. The lowest BCUT2D eigenvalue weighted by atomic mass is 10.2. The number of nitrogens with one attached hydrogen (secondary N) is 1. The Morgan fingerprint density at radius 1 is 1.39 bits per heavy atom. The van der Waals surface area contributed by atoms with Gasteiger partial charge in [-0.2, -0.15) is 9.78 Å². The van der Waals surface area contributed by atoms with Crippen molar-refractivity contribution < 1.29 is 4.74 Å². The van der Waals surface area contributed by atoms with Gasteiger partial charge in [0.15, 0.2) is 11.3 Å². The summed E-state index contributed by atoms with van der Waals surface area (Å²) in [6.07, 6.45) is 1.14. The molecule has 6 nitrogen and oxygen atoms in total. The molecule has 0 bridgehead atoms. The van der Waals surface area contributed by atoms with Gasteiger partial charge >= 0.3 is 5.69 Å². The normalized spacial score (nSPS) is 17.6. The second kappa shape index (κ2) is 7.09. The van der Waals surface area contributed by atoms with Crippen LogP contribution < -0.4 is 11.2 Å². The predicted molar refractivity (Wildman–Crippen MR) is 89.4 cm³/mol. The molecular formula is C14H13Cl2N3O3S. The molecule has 1 saturated heterocycles. The number of nitrogens with zero attached hydrogens (tertiary/aromatic N) is 2. The molecule has 1 fully saturated rings. The molecule has 122 valence electrons. The van der Waals surface area contributed by atoms with Gasteiger partial charge in [0, 0.05) is 22.4 Å². The van der Waals surface area contributed by atoms with Crippen molar-refractivity contribution in [1.29, 1.82) is 0 Å². The van der Waals surface area contributed by atoms with E-state index in [0.717, 1.165) is 12.0 Å². The molecule has 1 N–H and O–H groups in total. The smallest absolute Gasteiger partial charge is 0.347 e. The van der Waals surface area contributed by atoms with Crippen molar-refractivity contribution in [3.63, 3.8) is 0 Å². The molecule has 1 aliphatic heterocycles. The average molecular weight is 374 g/mol. The van der Waals surface area contributed by atoms with E-state index in [2.05, 4.69) is 10.1 Å². The Balaban J connectivity index is 1.83. The maximum absolute atomic E-state index is 11.9. The first-order valence-electron chi connectivity index (χ1n) is 6.96. The summed E-state index contributed by atoms with van der Waals surface area (Å²) in [6.45, 7) is 0.584. The van der Waals surface area contributed by atoms with Gasteiger partial charge in [0.2, 0.25) is 0 Å². The number of thioether (sulfide) groups is 1. The fraction of sp³-hybridized carbons (Fsp3) is 0.357. The summed E-state index contributed by atoms with van der Waals surface area (Å²) in [5.74, 6) is 0.440. The van der Waals surface area contributed by atoms with E-state index in [4.69, 9.17) is 27.9 Å². The molecule has 9 heteroatoms. The van der Waals surface area contributed by atoms with Gasteiger partial charge in [-0.1, -0.05) is 41.0 Å². The van der Waals surface area contributed by atoms with Crippen LogP contribution in [0.1, 0.15) is 24.6 Å². The number of halogens is 2. The minimum Gasteiger partial charge on any atom is -0.356 e. The molecule has 0 amide bonds. The number of hydrogen-bond donors (Lipinski definition) is 1. The van der Waals surface area contributed by atoms with Gasteiger partial charge in [0.05, 0.1) is 0 Å². The third kappa shape index (κ3) is 3.80. The van der Waals surface area contributed by atoms with Crippen LogP contribution in [-0.2, 0) is 10.5 Å². The molecule has 0 unspecified atom stereocenters. The fourth-order valence-corrected chi connectivity index (χ4v) is 3.65. The largest absolute Gasteiger partial charge is 0.356 e. The molecular weight excluding hydrogens is 361 g/mol. The lowest BCUT2D eigenvalue weighted by molar-refractivity contribution is 0.0395. The van der Waals surface area contributed by atoms with Crippen molar-refractivity contribution in [2.45, 2.75) is 29.8 Å². The first-order valence-corrected chi connectivity index (χ1v) is 8.70. The second-order valence-electron chi connectivity index (χ2n) is 5.00. The first-order chi connectivity index (χ1) is 11.0. The van der Waals surface area contributed by atoms with E-state index in [1.165, 1.54) is 16.4 Å². The van der Waals surface area contributed by atoms with Crippen molar-refractivity contribution >= 4 is 35.0 Å². The molecule has 0 radical (unpaired) electrons. The summed E-state index contributed by atoms with van der Waals surface area (Å²) in [6, 6.07) is 5.17. The molecule has 3 rings (SSSR count). The molecule has 0 aliphatic carbocycles. The maximum Gasteiger partial charge on any atom is 0.347 e. The minimum absolute atomic E-state index is 0.200. The molecule has 0 spiro atoms. The van der Waals surface area contributed by atoms with Gasteiger partial charge in [0.1, 0.15) is 0 Å². The Kier molecular flexibility index (Phi) is 5.11. The fourth-order valence-electron chi connectivity index (χ4n) is 2.22. The van der Waals surface area contributed by atoms with Gasteiger partial charge in [-0.25, -0.2) is 4.79 Å². The van der Waals surface area contributed by atoms with Crippen LogP contribution in [0.5, 0.6) is 0 Å². The standard InChI is InChI=1S/C14H13Cl2N3O3S/c15-9-4-3-8(10(16)6-9)7-23-13-12(20)17-14(21)19(18-13)11-2-1-5-22-11/h3-4,6,11H,1-2,5,7H2,(H,17,20,21)/t11-/m1/s1. The lowest BCUT2D eigenvalue weighted by Gasteiger charge is -2.12. The zero-order chi connectivity index (χ0) is 16.4. The van der Waals surface area contributed by atoms with Crippen LogP contribution >= 0.6 is 35.0 Å². The number of rotatable bonds is 4. The molecule has 1 atom stereocenters. The van der Waals surface area contributed by atoms with Gasteiger partial charge in [-0.05, 0) is 30.5 Å². The Morgan fingerprint density at radius 3 is 2.91 bits per heavy atom. The Bertz CT molecular complexity index is 831. The molecule has 1 aliphatic rings.